The molecule has 3 rings (SSSR count). The number of carboxylic acid groups (broad SMARTS) is 1. The Kier molecular flexibility index (Phi) is 2.65. The second-order valence-electron chi connectivity index (χ2n) is 3.87. The molecule has 1 aromatic carbocycles. The minimum Gasteiger partial charge on any atom is -0.476 e. The third kappa shape index (κ3) is 1.72. The van der Waals surface area contributed by atoms with Gasteiger partial charge in [-0.1, -0.05) is 18.2 Å². The maximum absolute atomic E-state index is 11.0. The summed E-state index contributed by atoms with van der Waals surface area (Å²) in [6, 6.07) is 8.08. The van der Waals surface area contributed by atoms with Crippen molar-refractivity contribution in [3.63, 3.8) is 0 Å². The first kappa shape index (κ1) is 11.4. The molecule has 3 aromatic rings. The van der Waals surface area contributed by atoms with Crippen molar-refractivity contribution in [3.05, 3.63) is 40.2 Å². The van der Waals surface area contributed by atoms with Gasteiger partial charge >= 0.3 is 5.97 Å². The molecule has 0 amide bonds. The minimum atomic E-state index is -0.963. The predicted molar refractivity (Wildman–Crippen MR) is 74.6 cm³/mol. The molecule has 0 aliphatic carbocycles. The monoisotopic (exact) mass is 275 g/mol. The number of hydrogen-bond donors (Lipinski definition) is 1. The lowest BCUT2D eigenvalue weighted by atomic mass is 10.2. The number of carbonyl (C=O) groups is 1. The van der Waals surface area contributed by atoms with Crippen LogP contribution in [0.25, 0.3) is 20.7 Å². The van der Waals surface area contributed by atoms with Crippen molar-refractivity contribution in [2.75, 3.05) is 0 Å². The zero-order valence-corrected chi connectivity index (χ0v) is 11.1. The third-order valence-electron chi connectivity index (χ3n) is 2.71. The Morgan fingerprint density at radius 1 is 1.33 bits per heavy atom. The zero-order valence-electron chi connectivity index (χ0n) is 9.51. The summed E-state index contributed by atoms with van der Waals surface area (Å²) in [4.78, 5) is 16.0. The first-order valence-electron chi connectivity index (χ1n) is 5.34. The van der Waals surface area contributed by atoms with Gasteiger partial charge in [0.25, 0.3) is 0 Å². The van der Waals surface area contributed by atoms with Crippen LogP contribution in [0, 0.1) is 6.92 Å². The smallest absolute Gasteiger partial charge is 0.355 e. The summed E-state index contributed by atoms with van der Waals surface area (Å²) in [6.45, 7) is 1.79. The van der Waals surface area contributed by atoms with E-state index in [1.807, 2.05) is 23.6 Å². The van der Waals surface area contributed by atoms with Gasteiger partial charge in [0.1, 0.15) is 5.01 Å². The first-order chi connectivity index (χ1) is 8.66. The molecular formula is C13H9NO2S2. The molecule has 0 radical (unpaired) electrons. The lowest BCUT2D eigenvalue weighted by Crippen LogP contribution is -1.98. The summed E-state index contributed by atoms with van der Waals surface area (Å²) in [6.07, 6.45) is 0. The Bertz CT molecular complexity index is 742. The molecule has 3 nitrogen and oxygen atoms in total. The largest absolute Gasteiger partial charge is 0.476 e. The highest BCUT2D eigenvalue weighted by Crippen LogP contribution is 2.36. The highest BCUT2D eigenvalue weighted by atomic mass is 32.1. The zero-order chi connectivity index (χ0) is 12.7. The molecule has 0 saturated carbocycles. The lowest BCUT2D eigenvalue weighted by molar-refractivity contribution is 0.0690. The van der Waals surface area contributed by atoms with Crippen LogP contribution in [0.2, 0.25) is 0 Å². The van der Waals surface area contributed by atoms with Crippen LogP contribution in [0.1, 0.15) is 15.4 Å². The number of thiophene rings is 1. The number of rotatable bonds is 2. The molecule has 0 unspecified atom stereocenters. The summed E-state index contributed by atoms with van der Waals surface area (Å²) in [5.41, 5.74) is 1.18. The van der Waals surface area contributed by atoms with Gasteiger partial charge in [-0.15, -0.1) is 22.7 Å². The van der Waals surface area contributed by atoms with Crippen LogP contribution >= 0.6 is 22.7 Å². The van der Waals surface area contributed by atoms with E-state index in [2.05, 4.69) is 11.1 Å². The van der Waals surface area contributed by atoms with E-state index >= 15 is 0 Å². The van der Waals surface area contributed by atoms with Gasteiger partial charge in [0.15, 0.2) is 5.69 Å². The molecule has 0 bridgehead atoms. The van der Waals surface area contributed by atoms with Gasteiger partial charge in [0, 0.05) is 25.9 Å². The number of thiazole rings is 1. The van der Waals surface area contributed by atoms with Crippen LogP contribution in [0.5, 0.6) is 0 Å². The van der Waals surface area contributed by atoms with Gasteiger partial charge in [-0.3, -0.25) is 0 Å². The molecule has 2 heterocycles. The average Bonchev–Trinajstić information content (AvgIpc) is 2.92. The fourth-order valence-corrected chi connectivity index (χ4v) is 3.81. The van der Waals surface area contributed by atoms with Gasteiger partial charge < -0.3 is 5.11 Å². The molecule has 2 aromatic heterocycles. The number of benzene rings is 1. The molecule has 0 atom stereocenters. The number of aromatic nitrogens is 1. The van der Waals surface area contributed by atoms with Crippen LogP contribution < -0.4 is 0 Å². The number of nitrogens with zero attached hydrogens (tertiary/aromatic N) is 1. The molecule has 18 heavy (non-hydrogen) atoms. The Hall–Kier alpha value is -1.72. The SMILES string of the molecule is Cc1sc(-c2csc3ccccc23)nc1C(=O)O. The lowest BCUT2D eigenvalue weighted by Gasteiger charge is -1.93. The van der Waals surface area contributed by atoms with Crippen molar-refractivity contribution in [1.29, 1.82) is 0 Å². The maximum Gasteiger partial charge on any atom is 0.355 e. The summed E-state index contributed by atoms with van der Waals surface area (Å²) >= 11 is 3.08. The average molecular weight is 275 g/mol. The van der Waals surface area contributed by atoms with E-state index in [9.17, 15) is 4.79 Å². The van der Waals surface area contributed by atoms with Crippen molar-refractivity contribution in [2.45, 2.75) is 6.92 Å². The Morgan fingerprint density at radius 2 is 2.11 bits per heavy atom. The molecule has 5 heteroatoms. The Balaban J connectivity index is 2.20. The Morgan fingerprint density at radius 3 is 2.83 bits per heavy atom. The molecule has 90 valence electrons. The Labute approximate surface area is 111 Å². The fraction of sp³-hybridized carbons (Fsp3) is 0.0769. The number of aromatic carboxylic acids is 1. The van der Waals surface area contributed by atoms with E-state index < -0.39 is 5.97 Å². The van der Waals surface area contributed by atoms with Crippen molar-refractivity contribution in [1.82, 2.24) is 4.98 Å². The van der Waals surface area contributed by atoms with E-state index in [-0.39, 0.29) is 5.69 Å². The quantitative estimate of drug-likeness (QED) is 0.768. The second-order valence-corrected chi connectivity index (χ2v) is 5.99. The van der Waals surface area contributed by atoms with Gasteiger partial charge in [0.2, 0.25) is 0 Å². The topological polar surface area (TPSA) is 50.2 Å². The first-order valence-corrected chi connectivity index (χ1v) is 7.04. The number of fused-ring (bicyclic) bond motifs is 1. The molecule has 0 spiro atoms. The van der Waals surface area contributed by atoms with Crippen LogP contribution in [-0.2, 0) is 0 Å². The van der Waals surface area contributed by atoms with Crippen LogP contribution in [0.4, 0.5) is 0 Å². The molecule has 1 N–H and O–H groups in total. The number of carboxylic acids is 1. The van der Waals surface area contributed by atoms with Crippen molar-refractivity contribution < 1.29 is 9.90 Å². The summed E-state index contributed by atoms with van der Waals surface area (Å²) in [7, 11) is 0. The van der Waals surface area contributed by atoms with E-state index in [4.69, 9.17) is 5.11 Å². The number of aryl methyl sites for hydroxylation is 1. The molecular weight excluding hydrogens is 266 g/mol. The molecule has 0 fully saturated rings. The second kappa shape index (κ2) is 4.19. The normalized spacial score (nSPS) is 10.9. The van der Waals surface area contributed by atoms with E-state index in [1.54, 1.807) is 18.3 Å². The van der Waals surface area contributed by atoms with Gasteiger partial charge in [0.05, 0.1) is 0 Å². The molecule has 0 saturated heterocycles. The van der Waals surface area contributed by atoms with Gasteiger partial charge in [-0.05, 0) is 13.0 Å². The van der Waals surface area contributed by atoms with E-state index in [0.717, 1.165) is 20.8 Å². The summed E-state index contributed by atoms with van der Waals surface area (Å²) in [5, 5.41) is 13.0. The van der Waals surface area contributed by atoms with Crippen LogP contribution in [0.3, 0.4) is 0 Å². The van der Waals surface area contributed by atoms with Crippen LogP contribution in [0.15, 0.2) is 29.6 Å². The molecule has 0 aliphatic rings. The van der Waals surface area contributed by atoms with Crippen LogP contribution in [-0.4, -0.2) is 16.1 Å². The highest BCUT2D eigenvalue weighted by molar-refractivity contribution is 7.19. The third-order valence-corrected chi connectivity index (χ3v) is 4.68. The van der Waals surface area contributed by atoms with E-state index in [1.165, 1.54) is 16.0 Å². The highest BCUT2D eigenvalue weighted by Gasteiger charge is 2.17. The van der Waals surface area contributed by atoms with Gasteiger partial charge in [-0.2, -0.15) is 0 Å². The summed E-state index contributed by atoms with van der Waals surface area (Å²) in [5.74, 6) is -0.963. The fourth-order valence-electron chi connectivity index (χ4n) is 1.85. The molecule has 0 aliphatic heterocycles. The van der Waals surface area contributed by atoms with Crippen molar-refractivity contribution in [3.8, 4) is 10.6 Å². The number of hydrogen-bond acceptors (Lipinski definition) is 4. The van der Waals surface area contributed by atoms with Gasteiger partial charge in [-0.25, -0.2) is 9.78 Å². The maximum atomic E-state index is 11.0. The van der Waals surface area contributed by atoms with Crippen molar-refractivity contribution in [2.24, 2.45) is 0 Å². The minimum absolute atomic E-state index is 0.158. The van der Waals surface area contributed by atoms with Crippen molar-refractivity contribution >= 4 is 38.7 Å². The summed E-state index contributed by atoms with van der Waals surface area (Å²) < 4.78 is 1.19. The van der Waals surface area contributed by atoms with E-state index in [0.29, 0.717) is 0 Å². The predicted octanol–water partition coefficient (Wildman–Crippen LogP) is 4.03. The standard InChI is InChI=1S/C13H9NO2S2/c1-7-11(13(15)16)14-12(18-7)9-6-17-10-5-3-2-4-8(9)10/h2-6H,1H3,(H,15,16).